The van der Waals surface area contributed by atoms with Crippen LogP contribution in [-0.4, -0.2) is 37.2 Å². The molecule has 0 amide bonds. The van der Waals surface area contributed by atoms with Crippen molar-refractivity contribution in [2.75, 3.05) is 13.2 Å². The summed E-state index contributed by atoms with van der Waals surface area (Å²) in [5.74, 6) is -0.900. The largest absolute Gasteiger partial charge is 0.462 e. The van der Waals surface area contributed by atoms with E-state index >= 15 is 0 Å². The fourth-order valence-electron chi connectivity index (χ4n) is 9.56. The van der Waals surface area contributed by atoms with Gasteiger partial charge in [0.1, 0.15) is 13.2 Å². The van der Waals surface area contributed by atoms with Gasteiger partial charge in [0.15, 0.2) is 6.10 Å². The van der Waals surface area contributed by atoms with Gasteiger partial charge in [-0.25, -0.2) is 0 Å². The van der Waals surface area contributed by atoms with Crippen molar-refractivity contribution in [1.82, 2.24) is 0 Å². The number of hydrogen-bond acceptors (Lipinski definition) is 6. The zero-order valence-corrected chi connectivity index (χ0v) is 54.2. The molecule has 0 rings (SSSR count). The first kappa shape index (κ1) is 78.5. The number of esters is 3. The predicted molar refractivity (Wildman–Crippen MR) is 362 cm³/mol. The second-order valence-corrected chi connectivity index (χ2v) is 22.6. The Bertz CT molecular complexity index is 1750. The van der Waals surface area contributed by atoms with Gasteiger partial charge in [0, 0.05) is 19.3 Å². The minimum atomic E-state index is -0.793. The van der Waals surface area contributed by atoms with Crippen LogP contribution in [0.5, 0.6) is 0 Å². The highest BCUT2D eigenvalue weighted by atomic mass is 16.6. The summed E-state index contributed by atoms with van der Waals surface area (Å²) >= 11 is 0. The van der Waals surface area contributed by atoms with E-state index in [1.807, 2.05) is 0 Å². The zero-order chi connectivity index (χ0) is 59.9. The van der Waals surface area contributed by atoms with Gasteiger partial charge >= 0.3 is 17.9 Å². The predicted octanol–water partition coefficient (Wildman–Crippen LogP) is 24.1. The van der Waals surface area contributed by atoms with Crippen LogP contribution in [0.3, 0.4) is 0 Å². The summed E-state index contributed by atoms with van der Waals surface area (Å²) in [7, 11) is 0. The maximum atomic E-state index is 13.0. The van der Waals surface area contributed by atoms with Crippen LogP contribution in [-0.2, 0) is 28.6 Å². The molecule has 472 valence electrons. The number of carbonyl (C=O) groups excluding carboxylic acids is 3. The van der Waals surface area contributed by atoms with Gasteiger partial charge in [-0.15, -0.1) is 0 Å². The lowest BCUT2D eigenvalue weighted by molar-refractivity contribution is -0.167. The topological polar surface area (TPSA) is 78.9 Å². The third-order valence-corrected chi connectivity index (χ3v) is 14.6. The first-order valence-electron chi connectivity index (χ1n) is 34.7. The minimum absolute atomic E-state index is 0.0871. The van der Waals surface area contributed by atoms with Gasteiger partial charge in [-0.05, 0) is 128 Å². The molecular weight excluding hydrogens is 1020 g/mol. The van der Waals surface area contributed by atoms with E-state index < -0.39 is 6.10 Å². The quantitative estimate of drug-likeness (QED) is 0.0261. The molecule has 0 N–H and O–H groups in total. The van der Waals surface area contributed by atoms with Crippen LogP contribution in [0.15, 0.2) is 134 Å². The van der Waals surface area contributed by atoms with Crippen LogP contribution >= 0.6 is 0 Å². The second kappa shape index (κ2) is 70.0. The normalized spacial score (nSPS) is 13.0. The standard InChI is InChI=1S/C77H128O6/c1-4-7-10-13-16-19-22-25-28-30-32-34-36-38-40-42-44-46-49-52-55-58-61-64-67-70-76(79)82-73-74(72-81-75(78)69-66-63-60-57-54-51-48-27-24-21-18-15-12-9-6-3)83-77(80)71-68-65-62-59-56-53-50-47-45-43-41-39-37-35-33-31-29-26-23-20-17-14-11-8-5-2/h7-12,16-21,25-29,32-35,48,74H,4-6,13-15,22-24,30-31,36-47,49-73H2,1-3H3/b10-7-,11-8-,12-9-,19-16-,20-17-,21-18-,28-25-,29-26-,34-32-,35-33-,48-27-. The van der Waals surface area contributed by atoms with Crippen molar-refractivity contribution in [1.29, 1.82) is 0 Å². The molecule has 1 atom stereocenters. The van der Waals surface area contributed by atoms with E-state index in [-0.39, 0.29) is 31.1 Å². The number of hydrogen-bond donors (Lipinski definition) is 0. The van der Waals surface area contributed by atoms with Crippen LogP contribution in [0.4, 0.5) is 0 Å². The zero-order valence-electron chi connectivity index (χ0n) is 54.2. The molecule has 1 unspecified atom stereocenters. The molecule has 0 aliphatic heterocycles. The molecule has 0 aromatic heterocycles. The number of allylic oxidation sites excluding steroid dienone is 22. The van der Waals surface area contributed by atoms with E-state index in [0.717, 1.165) is 148 Å². The molecule has 0 saturated carbocycles. The summed E-state index contributed by atoms with van der Waals surface area (Å²) in [5, 5.41) is 0. The Morgan fingerprint density at radius 1 is 0.241 bits per heavy atom. The van der Waals surface area contributed by atoms with Gasteiger partial charge in [0.05, 0.1) is 0 Å². The summed E-state index contributed by atoms with van der Waals surface area (Å²) in [6.45, 7) is 6.31. The molecule has 0 aromatic carbocycles. The number of carbonyl (C=O) groups is 3. The van der Waals surface area contributed by atoms with Gasteiger partial charge < -0.3 is 14.2 Å². The molecule has 6 nitrogen and oxygen atoms in total. The van der Waals surface area contributed by atoms with Crippen molar-refractivity contribution >= 4 is 17.9 Å². The number of rotatable bonds is 62. The Morgan fingerprint density at radius 3 is 0.675 bits per heavy atom. The van der Waals surface area contributed by atoms with Crippen molar-refractivity contribution in [2.24, 2.45) is 0 Å². The number of unbranched alkanes of at least 4 members (excludes halogenated alkanes) is 29. The molecule has 83 heavy (non-hydrogen) atoms. The highest BCUT2D eigenvalue weighted by Gasteiger charge is 2.19. The Morgan fingerprint density at radius 2 is 0.434 bits per heavy atom. The average Bonchev–Trinajstić information content (AvgIpc) is 3.49. The lowest BCUT2D eigenvalue weighted by Crippen LogP contribution is -2.30. The molecule has 0 saturated heterocycles. The fourth-order valence-corrected chi connectivity index (χ4v) is 9.56. The van der Waals surface area contributed by atoms with Crippen molar-refractivity contribution in [3.8, 4) is 0 Å². The highest BCUT2D eigenvalue weighted by molar-refractivity contribution is 5.71. The van der Waals surface area contributed by atoms with Gasteiger partial charge in [-0.2, -0.15) is 0 Å². The van der Waals surface area contributed by atoms with Gasteiger partial charge in [-0.1, -0.05) is 302 Å². The Hall–Kier alpha value is -4.45. The Labute approximate surface area is 513 Å². The molecule has 0 aliphatic carbocycles. The van der Waals surface area contributed by atoms with E-state index in [2.05, 4.69) is 154 Å². The molecule has 0 bridgehead atoms. The molecule has 0 fully saturated rings. The Balaban J connectivity index is 4.35. The van der Waals surface area contributed by atoms with Crippen LogP contribution in [0, 0.1) is 0 Å². The van der Waals surface area contributed by atoms with Crippen LogP contribution in [0.2, 0.25) is 0 Å². The summed E-state index contributed by atoms with van der Waals surface area (Å²) in [5.41, 5.74) is 0. The molecule has 0 aromatic rings. The van der Waals surface area contributed by atoms with E-state index in [9.17, 15) is 14.4 Å². The molecule has 0 radical (unpaired) electrons. The molecule has 0 aliphatic rings. The Kier molecular flexibility index (Phi) is 66.3. The third-order valence-electron chi connectivity index (χ3n) is 14.6. The molecule has 6 heteroatoms. The van der Waals surface area contributed by atoms with E-state index in [0.29, 0.717) is 19.3 Å². The van der Waals surface area contributed by atoms with Gasteiger partial charge in [0.2, 0.25) is 0 Å². The number of ether oxygens (including phenoxy) is 3. The van der Waals surface area contributed by atoms with E-state index in [4.69, 9.17) is 14.2 Å². The van der Waals surface area contributed by atoms with E-state index in [1.165, 1.54) is 128 Å². The van der Waals surface area contributed by atoms with Crippen molar-refractivity contribution in [2.45, 2.75) is 322 Å². The lowest BCUT2D eigenvalue weighted by Gasteiger charge is -2.18. The monoisotopic (exact) mass is 1150 g/mol. The van der Waals surface area contributed by atoms with Gasteiger partial charge in [-0.3, -0.25) is 14.4 Å². The SMILES string of the molecule is CC/C=C\C/C=C\C/C=C\C/C=C\CCCCCCCCCCCCCCC(=O)OCC(COC(=O)CCCCCCC/C=C\C/C=C\C/C=C\CC)OC(=O)CCCCCCCCCCCCCC/C=C\C/C=C\C/C=C\C/C=C\CC. The first-order valence-corrected chi connectivity index (χ1v) is 34.7. The van der Waals surface area contributed by atoms with Gasteiger partial charge in [0.25, 0.3) is 0 Å². The van der Waals surface area contributed by atoms with Crippen molar-refractivity contribution < 1.29 is 28.6 Å². The van der Waals surface area contributed by atoms with Crippen LogP contribution in [0.1, 0.15) is 316 Å². The van der Waals surface area contributed by atoms with Crippen LogP contribution in [0.25, 0.3) is 0 Å². The smallest absolute Gasteiger partial charge is 0.306 e. The van der Waals surface area contributed by atoms with Crippen molar-refractivity contribution in [3.63, 3.8) is 0 Å². The minimum Gasteiger partial charge on any atom is -0.462 e. The summed E-state index contributed by atoms with van der Waals surface area (Å²) in [6.07, 6.45) is 99.0. The molecular formula is C77H128O6. The molecule has 0 spiro atoms. The highest BCUT2D eigenvalue weighted by Crippen LogP contribution is 2.17. The fraction of sp³-hybridized carbons (Fsp3) is 0.675. The first-order chi connectivity index (χ1) is 41.0. The summed E-state index contributed by atoms with van der Waals surface area (Å²) in [4.78, 5) is 38.5. The average molecular weight is 1150 g/mol. The van der Waals surface area contributed by atoms with Crippen molar-refractivity contribution in [3.05, 3.63) is 134 Å². The third kappa shape index (κ3) is 68.2. The lowest BCUT2D eigenvalue weighted by atomic mass is 10.0. The molecule has 0 heterocycles. The summed E-state index contributed by atoms with van der Waals surface area (Å²) in [6, 6.07) is 0. The maximum Gasteiger partial charge on any atom is 0.306 e. The van der Waals surface area contributed by atoms with Crippen LogP contribution < -0.4 is 0 Å². The summed E-state index contributed by atoms with van der Waals surface area (Å²) < 4.78 is 17.0. The van der Waals surface area contributed by atoms with E-state index in [1.54, 1.807) is 0 Å². The maximum absolute atomic E-state index is 13.0. The second-order valence-electron chi connectivity index (χ2n) is 22.6.